The molecule has 0 aliphatic carbocycles. The highest BCUT2D eigenvalue weighted by Crippen LogP contribution is 2.14. The number of carbonyl (C=O) groups excluding carboxylic acids is 4. The number of phenolic OH excluding ortho intramolecular Hbond substituents is 1. The van der Waals surface area contributed by atoms with E-state index >= 15 is 0 Å². The summed E-state index contributed by atoms with van der Waals surface area (Å²) < 4.78 is 0. The Bertz CT molecular complexity index is 1110. The van der Waals surface area contributed by atoms with Crippen LogP contribution in [0.2, 0.25) is 0 Å². The number of aromatic hydroxyl groups is 1. The number of aliphatic hydroxyl groups is 1. The molecule has 0 aliphatic rings. The maximum absolute atomic E-state index is 13.7. The number of carbonyl (C=O) groups is 5. The van der Waals surface area contributed by atoms with Crippen molar-refractivity contribution in [2.24, 2.45) is 23.3 Å². The molecule has 1 aromatic carbocycles. The van der Waals surface area contributed by atoms with Crippen LogP contribution >= 0.6 is 0 Å². The van der Waals surface area contributed by atoms with E-state index in [1.165, 1.54) is 19.1 Å². The van der Waals surface area contributed by atoms with Crippen molar-refractivity contribution in [1.82, 2.24) is 21.3 Å². The van der Waals surface area contributed by atoms with E-state index in [2.05, 4.69) is 21.3 Å². The number of phenols is 1. The molecule has 0 heterocycles. The first-order valence-corrected chi connectivity index (χ1v) is 15.4. The molecule has 0 saturated heterocycles. The molecule has 0 aliphatic heterocycles. The Morgan fingerprint density at radius 1 is 0.711 bits per heavy atom. The zero-order valence-electron chi connectivity index (χ0n) is 26.9. The Hall–Kier alpha value is -3.75. The summed E-state index contributed by atoms with van der Waals surface area (Å²) in [6, 6.07) is 0.151. The van der Waals surface area contributed by atoms with Crippen molar-refractivity contribution in [2.75, 3.05) is 6.54 Å². The summed E-state index contributed by atoms with van der Waals surface area (Å²) in [6.45, 7) is 9.11. The van der Waals surface area contributed by atoms with Gasteiger partial charge in [-0.2, -0.15) is 0 Å². The third kappa shape index (κ3) is 14.7. The summed E-state index contributed by atoms with van der Waals surface area (Å²) in [7, 11) is 0. The Balaban J connectivity index is 3.29. The fourth-order valence-corrected chi connectivity index (χ4v) is 4.54. The SMILES string of the molecule is CC(C)CC(NC(=O)C(Cc1ccc(O)cc1)NC(=O)C(CC(C)C)NC(=O)C(N)C(C)O)C(=O)NC(CCCCN)C(=O)O. The first kappa shape index (κ1) is 39.3. The van der Waals surface area contributed by atoms with E-state index in [4.69, 9.17) is 11.5 Å². The number of amides is 4. The van der Waals surface area contributed by atoms with E-state index in [-0.39, 0.29) is 43.3 Å². The summed E-state index contributed by atoms with van der Waals surface area (Å²) in [6.07, 6.45) is 0.458. The van der Waals surface area contributed by atoms with Crippen molar-refractivity contribution < 1.29 is 39.3 Å². The fourth-order valence-electron chi connectivity index (χ4n) is 4.54. The van der Waals surface area contributed by atoms with Crippen LogP contribution < -0.4 is 32.7 Å². The van der Waals surface area contributed by atoms with Crippen molar-refractivity contribution in [3.63, 3.8) is 0 Å². The lowest BCUT2D eigenvalue weighted by Gasteiger charge is -2.28. The molecule has 0 aromatic heterocycles. The Morgan fingerprint density at radius 2 is 1.16 bits per heavy atom. The summed E-state index contributed by atoms with van der Waals surface area (Å²) in [4.78, 5) is 64.9. The van der Waals surface area contributed by atoms with Crippen LogP contribution in [0.15, 0.2) is 24.3 Å². The van der Waals surface area contributed by atoms with Gasteiger partial charge in [0, 0.05) is 6.42 Å². The van der Waals surface area contributed by atoms with Crippen molar-refractivity contribution in [1.29, 1.82) is 0 Å². The second-order valence-electron chi connectivity index (χ2n) is 12.3. The molecular weight excluding hydrogens is 584 g/mol. The number of nitrogens with one attached hydrogen (secondary N) is 4. The Kier molecular flexibility index (Phi) is 17.1. The number of rotatable bonds is 20. The Morgan fingerprint density at radius 3 is 1.60 bits per heavy atom. The number of hydrogen-bond donors (Lipinski definition) is 9. The third-order valence-corrected chi connectivity index (χ3v) is 7.07. The zero-order chi connectivity index (χ0) is 34.3. The lowest BCUT2D eigenvalue weighted by Crippen LogP contribution is -2.59. The summed E-state index contributed by atoms with van der Waals surface area (Å²) in [5, 5.41) is 39.5. The van der Waals surface area contributed by atoms with E-state index in [0.717, 1.165) is 0 Å². The van der Waals surface area contributed by atoms with E-state index in [0.29, 0.717) is 24.9 Å². The zero-order valence-corrected chi connectivity index (χ0v) is 26.9. The first-order valence-electron chi connectivity index (χ1n) is 15.4. The van der Waals surface area contributed by atoms with E-state index in [1.807, 2.05) is 27.7 Å². The molecule has 14 heteroatoms. The minimum Gasteiger partial charge on any atom is -0.508 e. The van der Waals surface area contributed by atoms with Gasteiger partial charge in [-0.3, -0.25) is 19.2 Å². The highest BCUT2D eigenvalue weighted by molar-refractivity contribution is 5.95. The average molecular weight is 637 g/mol. The molecule has 4 amide bonds. The van der Waals surface area contributed by atoms with Crippen LogP contribution in [0.3, 0.4) is 0 Å². The molecule has 45 heavy (non-hydrogen) atoms. The molecular formula is C31H52N6O8. The second-order valence-corrected chi connectivity index (χ2v) is 12.3. The molecule has 14 nitrogen and oxygen atoms in total. The van der Waals surface area contributed by atoms with Gasteiger partial charge in [0.1, 0.15) is 36.0 Å². The van der Waals surface area contributed by atoms with Crippen LogP contribution in [-0.2, 0) is 30.4 Å². The summed E-state index contributed by atoms with van der Waals surface area (Å²) >= 11 is 0. The number of carboxylic acids is 1. The molecule has 11 N–H and O–H groups in total. The fraction of sp³-hybridized carbons (Fsp3) is 0.645. The van der Waals surface area contributed by atoms with Crippen LogP contribution in [0.1, 0.15) is 72.3 Å². The van der Waals surface area contributed by atoms with Crippen LogP contribution in [0.4, 0.5) is 0 Å². The highest BCUT2D eigenvalue weighted by atomic mass is 16.4. The van der Waals surface area contributed by atoms with Crippen LogP contribution in [0, 0.1) is 11.8 Å². The van der Waals surface area contributed by atoms with Gasteiger partial charge in [0.25, 0.3) is 0 Å². The standard InChI is InChI=1S/C31H52N6O8/c1-17(2)14-23(27(40)34-22(31(44)45)8-6-7-13-32)35-29(42)25(16-20-9-11-21(39)12-10-20)36-28(41)24(15-18(3)4)37-30(43)26(33)19(5)38/h9-12,17-19,22-26,38-39H,6-8,13-16,32-33H2,1-5H3,(H,34,40)(H,35,42)(H,36,41)(H,37,43)(H,44,45). The molecule has 254 valence electrons. The highest BCUT2D eigenvalue weighted by Gasteiger charge is 2.33. The lowest BCUT2D eigenvalue weighted by molar-refractivity contribution is -0.142. The number of carboxylic acid groups (broad SMARTS) is 1. The number of unbranched alkanes of at least 4 members (excludes halogenated alkanes) is 1. The largest absolute Gasteiger partial charge is 0.508 e. The van der Waals surface area contributed by atoms with Crippen molar-refractivity contribution in [3.05, 3.63) is 29.8 Å². The number of aliphatic carboxylic acids is 1. The normalized spacial score (nSPS) is 15.3. The van der Waals surface area contributed by atoms with Gasteiger partial charge in [0.15, 0.2) is 0 Å². The third-order valence-electron chi connectivity index (χ3n) is 7.07. The maximum Gasteiger partial charge on any atom is 0.326 e. The van der Waals surface area contributed by atoms with E-state index in [9.17, 15) is 39.3 Å². The predicted octanol–water partition coefficient (Wildman–Crippen LogP) is -0.112. The van der Waals surface area contributed by atoms with Crippen LogP contribution in [-0.4, -0.2) is 87.8 Å². The molecule has 1 rings (SSSR count). The smallest absolute Gasteiger partial charge is 0.326 e. The summed E-state index contributed by atoms with van der Waals surface area (Å²) in [5.41, 5.74) is 11.8. The average Bonchev–Trinajstić information content (AvgIpc) is 2.95. The van der Waals surface area contributed by atoms with Gasteiger partial charge in [-0.15, -0.1) is 0 Å². The van der Waals surface area contributed by atoms with Crippen LogP contribution in [0.25, 0.3) is 0 Å². The molecule has 0 radical (unpaired) electrons. The molecule has 0 saturated carbocycles. The van der Waals surface area contributed by atoms with Gasteiger partial charge < -0.3 is 48.1 Å². The monoisotopic (exact) mass is 636 g/mol. The minimum absolute atomic E-state index is 0.00561. The predicted molar refractivity (Wildman–Crippen MR) is 169 cm³/mol. The van der Waals surface area contributed by atoms with Crippen molar-refractivity contribution in [3.8, 4) is 5.75 Å². The maximum atomic E-state index is 13.7. The minimum atomic E-state index is -1.27. The number of aliphatic hydroxyl groups excluding tert-OH is 1. The molecule has 6 unspecified atom stereocenters. The van der Waals surface area contributed by atoms with Gasteiger partial charge in [0.05, 0.1) is 6.10 Å². The van der Waals surface area contributed by atoms with Crippen molar-refractivity contribution in [2.45, 2.75) is 109 Å². The van der Waals surface area contributed by atoms with E-state index in [1.54, 1.807) is 12.1 Å². The van der Waals surface area contributed by atoms with Gasteiger partial charge in [-0.1, -0.05) is 39.8 Å². The molecule has 1 aromatic rings. The second kappa shape index (κ2) is 19.6. The van der Waals surface area contributed by atoms with Gasteiger partial charge in [-0.25, -0.2) is 4.79 Å². The van der Waals surface area contributed by atoms with Gasteiger partial charge in [0.2, 0.25) is 23.6 Å². The van der Waals surface area contributed by atoms with Crippen molar-refractivity contribution >= 4 is 29.6 Å². The number of hydrogen-bond acceptors (Lipinski definition) is 9. The topological polar surface area (TPSA) is 246 Å². The molecule has 0 bridgehead atoms. The van der Waals surface area contributed by atoms with Gasteiger partial charge >= 0.3 is 5.97 Å². The van der Waals surface area contributed by atoms with Gasteiger partial charge in [-0.05, 0) is 75.1 Å². The number of nitrogens with two attached hydrogens (primary N) is 2. The molecule has 0 fully saturated rings. The summed E-state index contributed by atoms with van der Waals surface area (Å²) in [5.74, 6) is -4.10. The molecule has 0 spiro atoms. The number of benzene rings is 1. The lowest BCUT2D eigenvalue weighted by atomic mass is 9.99. The quantitative estimate of drug-likeness (QED) is 0.0859. The van der Waals surface area contributed by atoms with Crippen LogP contribution in [0.5, 0.6) is 5.75 Å². The first-order chi connectivity index (χ1) is 21.0. The molecule has 6 atom stereocenters. The van der Waals surface area contributed by atoms with E-state index < -0.39 is 65.9 Å². The Labute approximate surface area is 265 Å².